The maximum absolute atomic E-state index is 9.44. The van der Waals surface area contributed by atoms with Crippen LogP contribution >= 0.6 is 0 Å². The second kappa shape index (κ2) is 7.37. The molecule has 0 spiro atoms. The van der Waals surface area contributed by atoms with Crippen LogP contribution in [0.4, 0.5) is 0 Å². The molecule has 0 aromatic heterocycles. The molecule has 0 heterocycles. The molecule has 1 N–H and O–H groups in total. The number of aliphatic hydroxyl groups is 1. The predicted molar refractivity (Wildman–Crippen MR) is 58.8 cm³/mol. The normalized spacial score (nSPS) is 16.2. The molecule has 0 aliphatic heterocycles. The van der Waals surface area contributed by atoms with Gasteiger partial charge in [0.15, 0.2) is 0 Å². The van der Waals surface area contributed by atoms with Crippen LogP contribution in [0, 0.1) is 11.8 Å². The van der Waals surface area contributed by atoms with Crippen LogP contribution in [0.2, 0.25) is 0 Å². The molecule has 0 amide bonds. The van der Waals surface area contributed by atoms with Gasteiger partial charge >= 0.3 is 0 Å². The second-order valence-electron chi connectivity index (χ2n) is 4.73. The van der Waals surface area contributed by atoms with Gasteiger partial charge in [0.1, 0.15) is 0 Å². The summed E-state index contributed by atoms with van der Waals surface area (Å²) in [6.45, 7) is 8.84. The molecule has 1 nitrogen and oxygen atoms in total. The predicted octanol–water partition coefficient (Wildman–Crippen LogP) is 3.61. The third kappa shape index (κ3) is 8.29. The molecule has 13 heavy (non-hydrogen) atoms. The molecule has 0 aliphatic carbocycles. The average molecular weight is 186 g/mol. The number of rotatable bonds is 7. The summed E-state index contributed by atoms with van der Waals surface area (Å²) < 4.78 is 0. The highest BCUT2D eigenvalue weighted by Gasteiger charge is 2.08. The minimum atomic E-state index is -0.0750. The smallest absolute Gasteiger partial charge is 0.0540 e. The van der Waals surface area contributed by atoms with E-state index in [1.165, 1.54) is 19.3 Å². The third-order valence-electron chi connectivity index (χ3n) is 2.62. The Balaban J connectivity index is 3.34. The van der Waals surface area contributed by atoms with E-state index in [1.54, 1.807) is 0 Å². The first-order valence-electron chi connectivity index (χ1n) is 5.74. The van der Waals surface area contributed by atoms with Crippen LogP contribution in [0.1, 0.15) is 59.8 Å². The van der Waals surface area contributed by atoms with Gasteiger partial charge in [0.05, 0.1) is 6.10 Å². The first-order chi connectivity index (χ1) is 6.06. The summed E-state index contributed by atoms with van der Waals surface area (Å²) in [5.41, 5.74) is 0. The van der Waals surface area contributed by atoms with E-state index in [-0.39, 0.29) is 6.10 Å². The molecular weight excluding hydrogens is 160 g/mol. The monoisotopic (exact) mass is 186 g/mol. The van der Waals surface area contributed by atoms with Gasteiger partial charge in [-0.15, -0.1) is 0 Å². The maximum Gasteiger partial charge on any atom is 0.0540 e. The summed E-state index contributed by atoms with van der Waals surface area (Å²) in [5.74, 6) is 1.51. The van der Waals surface area contributed by atoms with Crippen molar-refractivity contribution in [2.24, 2.45) is 11.8 Å². The number of hydrogen-bond donors (Lipinski definition) is 1. The van der Waals surface area contributed by atoms with E-state index in [0.717, 1.165) is 18.8 Å². The lowest BCUT2D eigenvalue weighted by Crippen LogP contribution is -2.10. The molecule has 0 bridgehead atoms. The van der Waals surface area contributed by atoms with E-state index in [4.69, 9.17) is 0 Å². The molecule has 80 valence electrons. The lowest BCUT2D eigenvalue weighted by molar-refractivity contribution is 0.138. The van der Waals surface area contributed by atoms with E-state index < -0.39 is 0 Å². The van der Waals surface area contributed by atoms with E-state index >= 15 is 0 Å². The summed E-state index contributed by atoms with van der Waals surface area (Å²) >= 11 is 0. The first kappa shape index (κ1) is 13.0. The summed E-state index contributed by atoms with van der Waals surface area (Å²) in [5, 5.41) is 9.44. The maximum atomic E-state index is 9.44. The zero-order chi connectivity index (χ0) is 10.3. The van der Waals surface area contributed by atoms with Gasteiger partial charge in [-0.1, -0.05) is 47.0 Å². The Kier molecular flexibility index (Phi) is 7.35. The number of hydrogen-bond acceptors (Lipinski definition) is 1. The van der Waals surface area contributed by atoms with Gasteiger partial charge in [-0.25, -0.2) is 0 Å². The molecule has 1 heteroatoms. The van der Waals surface area contributed by atoms with E-state index in [9.17, 15) is 5.11 Å². The third-order valence-corrected chi connectivity index (χ3v) is 2.62. The van der Waals surface area contributed by atoms with Crippen molar-refractivity contribution < 1.29 is 5.11 Å². The number of aliphatic hydroxyl groups excluding tert-OH is 1. The van der Waals surface area contributed by atoms with Crippen molar-refractivity contribution in [3.05, 3.63) is 0 Å². The van der Waals surface area contributed by atoms with Crippen molar-refractivity contribution in [3.8, 4) is 0 Å². The minimum Gasteiger partial charge on any atom is -0.393 e. The van der Waals surface area contributed by atoms with Crippen molar-refractivity contribution >= 4 is 0 Å². The Hall–Kier alpha value is -0.0400. The van der Waals surface area contributed by atoms with Crippen LogP contribution in [0.3, 0.4) is 0 Å². The fourth-order valence-corrected chi connectivity index (χ4v) is 1.62. The zero-order valence-corrected chi connectivity index (χ0v) is 9.71. The Morgan fingerprint density at radius 3 is 2.15 bits per heavy atom. The SMILES string of the molecule is CC[C@H](O)C[C@H](C)CCCC(C)C. The fourth-order valence-electron chi connectivity index (χ4n) is 1.62. The van der Waals surface area contributed by atoms with Crippen LogP contribution in [0.5, 0.6) is 0 Å². The fraction of sp³-hybridized carbons (Fsp3) is 1.00. The molecule has 0 saturated carbocycles. The molecule has 2 atom stereocenters. The summed E-state index contributed by atoms with van der Waals surface area (Å²) in [6.07, 6.45) is 5.72. The summed E-state index contributed by atoms with van der Waals surface area (Å²) in [7, 11) is 0. The van der Waals surface area contributed by atoms with Crippen LogP contribution < -0.4 is 0 Å². The Labute approximate surface area is 83.5 Å². The van der Waals surface area contributed by atoms with Crippen molar-refractivity contribution in [2.75, 3.05) is 0 Å². The molecule has 0 aromatic rings. The Morgan fingerprint density at radius 2 is 1.69 bits per heavy atom. The standard InChI is InChI=1S/C12H26O/c1-5-12(13)9-11(4)8-6-7-10(2)3/h10-13H,5-9H2,1-4H3/t11-,12+/m1/s1. The molecule has 0 unspecified atom stereocenters. The summed E-state index contributed by atoms with van der Waals surface area (Å²) in [6, 6.07) is 0. The van der Waals surface area contributed by atoms with E-state index in [1.807, 2.05) is 6.92 Å². The van der Waals surface area contributed by atoms with Crippen LogP contribution in [0.15, 0.2) is 0 Å². The lowest BCUT2D eigenvalue weighted by Gasteiger charge is -2.15. The molecular formula is C12H26O. The Morgan fingerprint density at radius 1 is 1.08 bits per heavy atom. The Bertz CT molecular complexity index is 110. The van der Waals surface area contributed by atoms with Crippen LogP contribution in [-0.4, -0.2) is 11.2 Å². The van der Waals surface area contributed by atoms with Crippen molar-refractivity contribution in [1.29, 1.82) is 0 Å². The molecule has 0 aromatic carbocycles. The van der Waals surface area contributed by atoms with E-state index in [2.05, 4.69) is 20.8 Å². The zero-order valence-electron chi connectivity index (χ0n) is 9.71. The highest BCUT2D eigenvalue weighted by Crippen LogP contribution is 2.17. The molecule has 0 aliphatic rings. The molecule has 0 saturated heterocycles. The average Bonchev–Trinajstić information content (AvgIpc) is 2.03. The van der Waals surface area contributed by atoms with Gasteiger partial charge in [0.2, 0.25) is 0 Å². The van der Waals surface area contributed by atoms with Crippen molar-refractivity contribution in [2.45, 2.75) is 65.9 Å². The van der Waals surface area contributed by atoms with Crippen molar-refractivity contribution in [1.82, 2.24) is 0 Å². The van der Waals surface area contributed by atoms with Crippen molar-refractivity contribution in [3.63, 3.8) is 0 Å². The minimum absolute atomic E-state index is 0.0750. The van der Waals surface area contributed by atoms with Gasteiger partial charge in [0, 0.05) is 0 Å². The molecule has 0 radical (unpaired) electrons. The highest BCUT2D eigenvalue weighted by atomic mass is 16.3. The summed E-state index contributed by atoms with van der Waals surface area (Å²) in [4.78, 5) is 0. The van der Waals surface area contributed by atoms with Gasteiger partial charge in [-0.05, 0) is 24.7 Å². The molecule has 0 fully saturated rings. The lowest BCUT2D eigenvalue weighted by atomic mass is 9.94. The van der Waals surface area contributed by atoms with Crippen LogP contribution in [-0.2, 0) is 0 Å². The van der Waals surface area contributed by atoms with Gasteiger partial charge in [-0.3, -0.25) is 0 Å². The quantitative estimate of drug-likeness (QED) is 0.644. The molecule has 0 rings (SSSR count). The van der Waals surface area contributed by atoms with Gasteiger partial charge < -0.3 is 5.11 Å². The largest absolute Gasteiger partial charge is 0.393 e. The highest BCUT2D eigenvalue weighted by molar-refractivity contribution is 4.60. The topological polar surface area (TPSA) is 20.2 Å². The van der Waals surface area contributed by atoms with Gasteiger partial charge in [-0.2, -0.15) is 0 Å². The second-order valence-corrected chi connectivity index (χ2v) is 4.73. The van der Waals surface area contributed by atoms with E-state index in [0.29, 0.717) is 5.92 Å². The van der Waals surface area contributed by atoms with Gasteiger partial charge in [0.25, 0.3) is 0 Å². The first-order valence-corrected chi connectivity index (χ1v) is 5.74. The van der Waals surface area contributed by atoms with Crippen LogP contribution in [0.25, 0.3) is 0 Å².